The normalized spacial score (nSPS) is 21.8. The topological polar surface area (TPSA) is 28.2 Å². The van der Waals surface area contributed by atoms with Gasteiger partial charge in [-0.3, -0.25) is 9.88 Å². The molecule has 1 saturated heterocycles. The van der Waals surface area contributed by atoms with Gasteiger partial charge in [-0.1, -0.05) is 23.7 Å². The SMILES string of the molecule is Clc1ccc2c(c1)SCc1cccnc1C2N1CCNCC1. The van der Waals surface area contributed by atoms with Crippen LogP contribution in [0.25, 0.3) is 0 Å². The highest BCUT2D eigenvalue weighted by Crippen LogP contribution is 2.42. The van der Waals surface area contributed by atoms with Crippen molar-refractivity contribution in [1.29, 1.82) is 0 Å². The first-order chi connectivity index (χ1) is 10.8. The number of fused-ring (bicyclic) bond motifs is 2. The van der Waals surface area contributed by atoms with Crippen molar-refractivity contribution in [3.05, 3.63) is 58.4 Å². The molecule has 2 aliphatic heterocycles. The van der Waals surface area contributed by atoms with Crippen LogP contribution in [0.15, 0.2) is 41.4 Å². The van der Waals surface area contributed by atoms with Crippen molar-refractivity contribution in [2.45, 2.75) is 16.7 Å². The fourth-order valence-electron chi connectivity index (χ4n) is 3.29. The van der Waals surface area contributed by atoms with Gasteiger partial charge in [0.15, 0.2) is 0 Å². The molecule has 2 aliphatic rings. The van der Waals surface area contributed by atoms with Gasteiger partial charge in [0.25, 0.3) is 0 Å². The highest BCUT2D eigenvalue weighted by atomic mass is 35.5. The molecule has 1 N–H and O–H groups in total. The predicted molar refractivity (Wildman–Crippen MR) is 91.5 cm³/mol. The summed E-state index contributed by atoms with van der Waals surface area (Å²) >= 11 is 8.09. The largest absolute Gasteiger partial charge is 0.314 e. The minimum atomic E-state index is 0.237. The van der Waals surface area contributed by atoms with Crippen molar-refractivity contribution in [3.63, 3.8) is 0 Å². The minimum absolute atomic E-state index is 0.237. The molecule has 22 heavy (non-hydrogen) atoms. The number of benzene rings is 1. The molecule has 114 valence electrons. The van der Waals surface area contributed by atoms with Crippen molar-refractivity contribution in [1.82, 2.24) is 15.2 Å². The van der Waals surface area contributed by atoms with Gasteiger partial charge in [-0.25, -0.2) is 0 Å². The molecule has 2 aromatic rings. The molecule has 3 nitrogen and oxygen atoms in total. The zero-order valence-electron chi connectivity index (χ0n) is 12.3. The van der Waals surface area contributed by atoms with E-state index in [0.29, 0.717) is 0 Å². The van der Waals surface area contributed by atoms with Gasteiger partial charge in [0.05, 0.1) is 11.7 Å². The molecule has 0 saturated carbocycles. The Labute approximate surface area is 140 Å². The quantitative estimate of drug-likeness (QED) is 0.867. The lowest BCUT2D eigenvalue weighted by Crippen LogP contribution is -2.45. The average Bonchev–Trinajstić information content (AvgIpc) is 2.72. The third-order valence-corrected chi connectivity index (χ3v) is 5.71. The molecule has 0 aliphatic carbocycles. The summed E-state index contributed by atoms with van der Waals surface area (Å²) in [5.74, 6) is 0.957. The summed E-state index contributed by atoms with van der Waals surface area (Å²) < 4.78 is 0. The highest BCUT2D eigenvalue weighted by Gasteiger charge is 2.30. The van der Waals surface area contributed by atoms with E-state index < -0.39 is 0 Å². The lowest BCUT2D eigenvalue weighted by Gasteiger charge is -2.35. The molecule has 1 aromatic carbocycles. The van der Waals surface area contributed by atoms with E-state index >= 15 is 0 Å². The fraction of sp³-hybridized carbons (Fsp3) is 0.353. The van der Waals surface area contributed by atoms with E-state index in [-0.39, 0.29) is 6.04 Å². The number of thioether (sulfide) groups is 1. The van der Waals surface area contributed by atoms with E-state index in [2.05, 4.69) is 28.4 Å². The van der Waals surface area contributed by atoms with Gasteiger partial charge in [-0.2, -0.15) is 0 Å². The van der Waals surface area contributed by atoms with E-state index in [0.717, 1.165) is 37.0 Å². The van der Waals surface area contributed by atoms with E-state index in [9.17, 15) is 0 Å². The number of hydrogen-bond acceptors (Lipinski definition) is 4. The molecule has 0 radical (unpaired) electrons. The molecular formula is C17H18ClN3S. The number of pyridine rings is 1. The van der Waals surface area contributed by atoms with Crippen LogP contribution in [0.5, 0.6) is 0 Å². The second kappa shape index (κ2) is 6.20. The first-order valence-electron chi connectivity index (χ1n) is 7.64. The molecule has 5 heteroatoms. The van der Waals surface area contributed by atoms with Gasteiger partial charge in [-0.15, -0.1) is 11.8 Å². The van der Waals surface area contributed by atoms with Crippen LogP contribution in [0.1, 0.15) is 22.9 Å². The summed E-state index contributed by atoms with van der Waals surface area (Å²) in [5, 5.41) is 4.25. The zero-order valence-corrected chi connectivity index (χ0v) is 13.8. The summed E-state index contributed by atoms with van der Waals surface area (Å²) in [5.41, 5.74) is 3.88. The number of hydrogen-bond donors (Lipinski definition) is 1. The van der Waals surface area contributed by atoms with Crippen LogP contribution in [0.4, 0.5) is 0 Å². The fourth-order valence-corrected chi connectivity index (χ4v) is 4.64. The molecule has 1 unspecified atom stereocenters. The van der Waals surface area contributed by atoms with Crippen LogP contribution < -0.4 is 5.32 Å². The van der Waals surface area contributed by atoms with Crippen LogP contribution in [0.3, 0.4) is 0 Å². The number of nitrogens with zero attached hydrogens (tertiary/aromatic N) is 2. The molecule has 0 spiro atoms. The first kappa shape index (κ1) is 14.5. The van der Waals surface area contributed by atoms with Crippen molar-refractivity contribution in [2.24, 2.45) is 0 Å². The highest BCUT2D eigenvalue weighted by molar-refractivity contribution is 7.98. The van der Waals surface area contributed by atoms with Crippen LogP contribution >= 0.6 is 23.4 Å². The maximum Gasteiger partial charge on any atom is 0.0791 e. The zero-order chi connectivity index (χ0) is 14.9. The molecule has 3 heterocycles. The molecule has 0 bridgehead atoms. The van der Waals surface area contributed by atoms with Crippen molar-refractivity contribution >= 4 is 23.4 Å². The summed E-state index contributed by atoms with van der Waals surface area (Å²) in [6, 6.07) is 10.8. The minimum Gasteiger partial charge on any atom is -0.314 e. The van der Waals surface area contributed by atoms with Crippen LogP contribution in [-0.4, -0.2) is 36.1 Å². The molecule has 4 rings (SSSR count). The first-order valence-corrected chi connectivity index (χ1v) is 9.00. The smallest absolute Gasteiger partial charge is 0.0791 e. The Morgan fingerprint density at radius 3 is 2.95 bits per heavy atom. The Bertz CT molecular complexity index is 685. The second-order valence-corrected chi connectivity index (χ2v) is 7.16. The Balaban J connectivity index is 1.86. The van der Waals surface area contributed by atoms with Gasteiger partial charge in [0.1, 0.15) is 0 Å². The Morgan fingerprint density at radius 1 is 1.23 bits per heavy atom. The molecular weight excluding hydrogens is 314 g/mol. The van der Waals surface area contributed by atoms with E-state index in [1.54, 1.807) is 0 Å². The Kier molecular flexibility index (Phi) is 4.09. The van der Waals surface area contributed by atoms with Gasteiger partial charge in [0.2, 0.25) is 0 Å². The molecule has 1 aromatic heterocycles. The molecule has 0 amide bonds. The lowest BCUT2D eigenvalue weighted by atomic mass is 9.97. The van der Waals surface area contributed by atoms with E-state index in [1.807, 2.05) is 30.1 Å². The van der Waals surface area contributed by atoms with Crippen molar-refractivity contribution in [2.75, 3.05) is 26.2 Å². The van der Waals surface area contributed by atoms with E-state index in [4.69, 9.17) is 16.6 Å². The Hall–Kier alpha value is -1.07. The lowest BCUT2D eigenvalue weighted by molar-refractivity contribution is 0.193. The van der Waals surface area contributed by atoms with Gasteiger partial charge in [0, 0.05) is 48.0 Å². The molecule has 1 fully saturated rings. The number of halogens is 1. The van der Waals surface area contributed by atoms with Gasteiger partial charge < -0.3 is 5.32 Å². The Morgan fingerprint density at radius 2 is 2.09 bits per heavy atom. The van der Waals surface area contributed by atoms with Crippen LogP contribution in [0.2, 0.25) is 5.02 Å². The monoisotopic (exact) mass is 331 g/mol. The maximum atomic E-state index is 6.22. The third kappa shape index (κ3) is 2.65. The second-order valence-electron chi connectivity index (χ2n) is 5.71. The number of rotatable bonds is 1. The summed E-state index contributed by atoms with van der Waals surface area (Å²) in [4.78, 5) is 8.58. The summed E-state index contributed by atoms with van der Waals surface area (Å²) in [7, 11) is 0. The van der Waals surface area contributed by atoms with Gasteiger partial charge >= 0.3 is 0 Å². The number of nitrogens with one attached hydrogen (secondary N) is 1. The molecule has 1 atom stereocenters. The number of piperazine rings is 1. The maximum absolute atomic E-state index is 6.22. The average molecular weight is 332 g/mol. The van der Waals surface area contributed by atoms with Crippen molar-refractivity contribution < 1.29 is 0 Å². The summed E-state index contributed by atoms with van der Waals surface area (Å²) in [6.45, 7) is 4.17. The standard InChI is InChI=1S/C17H18ClN3S/c18-13-3-4-14-15(10-13)22-11-12-2-1-5-20-16(12)17(14)21-8-6-19-7-9-21/h1-5,10,17,19H,6-9,11H2. The van der Waals surface area contributed by atoms with Crippen molar-refractivity contribution in [3.8, 4) is 0 Å². The van der Waals surface area contributed by atoms with Crippen LogP contribution in [0, 0.1) is 0 Å². The number of aromatic nitrogens is 1. The summed E-state index contributed by atoms with van der Waals surface area (Å²) in [6.07, 6.45) is 1.92. The predicted octanol–water partition coefficient (Wildman–Crippen LogP) is 3.34. The third-order valence-electron chi connectivity index (χ3n) is 4.36. The van der Waals surface area contributed by atoms with E-state index in [1.165, 1.54) is 21.7 Å². The van der Waals surface area contributed by atoms with Gasteiger partial charge in [-0.05, 0) is 29.3 Å². The van der Waals surface area contributed by atoms with Crippen LogP contribution in [-0.2, 0) is 5.75 Å².